The lowest BCUT2D eigenvalue weighted by Gasteiger charge is -2.25. The first-order valence-corrected chi connectivity index (χ1v) is 6.36. The fourth-order valence-electron chi connectivity index (χ4n) is 2.72. The molecule has 1 aliphatic rings. The molecule has 2 rings (SSSR count). The van der Waals surface area contributed by atoms with Crippen LogP contribution in [0.5, 0.6) is 5.75 Å². The van der Waals surface area contributed by atoms with E-state index in [2.05, 4.69) is 18.0 Å². The van der Waals surface area contributed by atoms with Gasteiger partial charge in [-0.1, -0.05) is 18.9 Å². The van der Waals surface area contributed by atoms with E-state index < -0.39 is 0 Å². The largest absolute Gasteiger partial charge is 0.495 e. The Labute approximate surface area is 104 Å². The van der Waals surface area contributed by atoms with Gasteiger partial charge in [-0.25, -0.2) is 0 Å². The average Bonchev–Trinajstić information content (AvgIpc) is 2.82. The van der Waals surface area contributed by atoms with Gasteiger partial charge in [-0.3, -0.25) is 0 Å². The van der Waals surface area contributed by atoms with Crippen molar-refractivity contribution in [3.05, 3.63) is 18.2 Å². The third-order valence-electron chi connectivity index (χ3n) is 3.68. The van der Waals surface area contributed by atoms with Gasteiger partial charge in [0.25, 0.3) is 0 Å². The number of anilines is 2. The van der Waals surface area contributed by atoms with Gasteiger partial charge in [-0.15, -0.1) is 0 Å². The molecule has 2 N–H and O–H groups in total. The summed E-state index contributed by atoms with van der Waals surface area (Å²) in [4.78, 5) is 2.26. The third-order valence-corrected chi connectivity index (χ3v) is 3.68. The molecule has 0 radical (unpaired) electrons. The molecule has 0 spiro atoms. The standard InChI is InChI=1S/C14H22N2O/c1-16(10-11-6-3-4-7-11)12-8-5-9-13(17-2)14(12)15/h5,8-9,11H,3-4,6-7,10,15H2,1-2H3. The van der Waals surface area contributed by atoms with Crippen LogP contribution in [-0.4, -0.2) is 20.7 Å². The van der Waals surface area contributed by atoms with Crippen LogP contribution < -0.4 is 15.4 Å². The minimum atomic E-state index is 0.746. The van der Waals surface area contributed by atoms with Gasteiger partial charge < -0.3 is 15.4 Å². The molecule has 0 heterocycles. The first-order chi connectivity index (χ1) is 8.22. The van der Waals surface area contributed by atoms with Gasteiger partial charge in [-0.2, -0.15) is 0 Å². The quantitative estimate of drug-likeness (QED) is 0.814. The number of methoxy groups -OCH3 is 1. The molecule has 1 saturated carbocycles. The molecule has 0 unspecified atom stereocenters. The fourth-order valence-corrected chi connectivity index (χ4v) is 2.72. The highest BCUT2D eigenvalue weighted by molar-refractivity contribution is 5.73. The minimum absolute atomic E-state index is 0.746. The van der Waals surface area contributed by atoms with Crippen molar-refractivity contribution in [2.75, 3.05) is 31.3 Å². The van der Waals surface area contributed by atoms with Gasteiger partial charge >= 0.3 is 0 Å². The van der Waals surface area contributed by atoms with Crippen LogP contribution in [-0.2, 0) is 0 Å². The van der Waals surface area contributed by atoms with Crippen molar-refractivity contribution in [2.45, 2.75) is 25.7 Å². The van der Waals surface area contributed by atoms with E-state index in [0.717, 1.165) is 29.6 Å². The zero-order valence-electron chi connectivity index (χ0n) is 10.8. The smallest absolute Gasteiger partial charge is 0.143 e. The third kappa shape index (κ3) is 2.65. The maximum absolute atomic E-state index is 6.10. The molecule has 1 aromatic rings. The van der Waals surface area contributed by atoms with Crippen molar-refractivity contribution in [3.8, 4) is 5.75 Å². The lowest BCUT2D eigenvalue weighted by Crippen LogP contribution is -2.24. The van der Waals surface area contributed by atoms with E-state index in [1.165, 1.54) is 25.7 Å². The number of hydrogen-bond donors (Lipinski definition) is 1. The van der Waals surface area contributed by atoms with Crippen LogP contribution in [0.25, 0.3) is 0 Å². The van der Waals surface area contributed by atoms with Crippen LogP contribution in [0.15, 0.2) is 18.2 Å². The molecule has 94 valence electrons. The molecule has 0 amide bonds. The SMILES string of the molecule is COc1cccc(N(C)CC2CCCC2)c1N. The van der Waals surface area contributed by atoms with E-state index in [4.69, 9.17) is 10.5 Å². The van der Waals surface area contributed by atoms with Crippen LogP contribution in [0.3, 0.4) is 0 Å². The number of ether oxygens (including phenoxy) is 1. The van der Waals surface area contributed by atoms with Gasteiger partial charge in [0.1, 0.15) is 5.75 Å². The van der Waals surface area contributed by atoms with Crippen molar-refractivity contribution < 1.29 is 4.74 Å². The normalized spacial score (nSPS) is 16.1. The predicted octanol–water partition coefficient (Wildman–Crippen LogP) is 2.90. The molecule has 1 aromatic carbocycles. The van der Waals surface area contributed by atoms with Gasteiger partial charge in [0.05, 0.1) is 18.5 Å². The van der Waals surface area contributed by atoms with Crippen molar-refractivity contribution in [1.29, 1.82) is 0 Å². The Morgan fingerprint density at radius 3 is 2.71 bits per heavy atom. The first kappa shape index (κ1) is 12.1. The fraction of sp³-hybridized carbons (Fsp3) is 0.571. The average molecular weight is 234 g/mol. The molecule has 0 saturated heterocycles. The number of rotatable bonds is 4. The van der Waals surface area contributed by atoms with E-state index in [-0.39, 0.29) is 0 Å². The minimum Gasteiger partial charge on any atom is -0.495 e. The Morgan fingerprint density at radius 1 is 1.35 bits per heavy atom. The summed E-state index contributed by atoms with van der Waals surface area (Å²) in [5.41, 5.74) is 7.93. The van der Waals surface area contributed by atoms with E-state index in [0.29, 0.717) is 0 Å². The lowest BCUT2D eigenvalue weighted by molar-refractivity contribution is 0.417. The molecule has 17 heavy (non-hydrogen) atoms. The maximum Gasteiger partial charge on any atom is 0.143 e. The van der Waals surface area contributed by atoms with E-state index in [1.54, 1.807) is 7.11 Å². The van der Waals surface area contributed by atoms with Crippen molar-refractivity contribution >= 4 is 11.4 Å². The lowest BCUT2D eigenvalue weighted by atomic mass is 10.1. The number of benzene rings is 1. The number of nitrogens with two attached hydrogens (primary N) is 1. The van der Waals surface area contributed by atoms with E-state index in [1.807, 2.05) is 12.1 Å². The van der Waals surface area contributed by atoms with Crippen LogP contribution in [0.4, 0.5) is 11.4 Å². The molecule has 0 bridgehead atoms. The second kappa shape index (κ2) is 5.30. The van der Waals surface area contributed by atoms with Gasteiger partial charge in [-0.05, 0) is 30.9 Å². The highest BCUT2D eigenvalue weighted by Crippen LogP contribution is 2.33. The van der Waals surface area contributed by atoms with E-state index >= 15 is 0 Å². The van der Waals surface area contributed by atoms with Crippen LogP contribution in [0.1, 0.15) is 25.7 Å². The van der Waals surface area contributed by atoms with Crippen LogP contribution >= 0.6 is 0 Å². The maximum atomic E-state index is 6.10. The summed E-state index contributed by atoms with van der Waals surface area (Å²) in [6.45, 7) is 1.09. The Morgan fingerprint density at radius 2 is 2.06 bits per heavy atom. The molecule has 3 nitrogen and oxygen atoms in total. The van der Waals surface area contributed by atoms with Gasteiger partial charge in [0.2, 0.25) is 0 Å². The topological polar surface area (TPSA) is 38.5 Å². The predicted molar refractivity (Wildman–Crippen MR) is 72.6 cm³/mol. The summed E-state index contributed by atoms with van der Waals surface area (Å²) in [5, 5.41) is 0. The highest BCUT2D eigenvalue weighted by atomic mass is 16.5. The van der Waals surface area contributed by atoms with E-state index in [9.17, 15) is 0 Å². The molecule has 1 fully saturated rings. The molecule has 0 aliphatic heterocycles. The molecular formula is C14H22N2O. The van der Waals surface area contributed by atoms with Gasteiger partial charge in [0, 0.05) is 13.6 Å². The summed E-state index contributed by atoms with van der Waals surface area (Å²) in [6, 6.07) is 5.96. The molecule has 0 aromatic heterocycles. The van der Waals surface area contributed by atoms with Crippen molar-refractivity contribution in [3.63, 3.8) is 0 Å². The summed E-state index contributed by atoms with van der Waals surface area (Å²) in [5.74, 6) is 1.59. The summed E-state index contributed by atoms with van der Waals surface area (Å²) >= 11 is 0. The Balaban J connectivity index is 2.09. The number of nitrogen functional groups attached to an aromatic ring is 1. The number of hydrogen-bond acceptors (Lipinski definition) is 3. The van der Waals surface area contributed by atoms with Crippen molar-refractivity contribution in [2.24, 2.45) is 5.92 Å². The molecule has 3 heteroatoms. The van der Waals surface area contributed by atoms with Crippen LogP contribution in [0, 0.1) is 5.92 Å². The summed E-state index contributed by atoms with van der Waals surface area (Å²) < 4.78 is 5.25. The second-order valence-corrected chi connectivity index (χ2v) is 4.92. The Hall–Kier alpha value is -1.38. The Bertz CT molecular complexity index is 372. The Kier molecular flexibility index (Phi) is 3.77. The first-order valence-electron chi connectivity index (χ1n) is 6.36. The second-order valence-electron chi connectivity index (χ2n) is 4.92. The number of nitrogens with zero attached hydrogens (tertiary/aromatic N) is 1. The summed E-state index contributed by atoms with van der Waals surface area (Å²) in [6.07, 6.45) is 5.47. The monoisotopic (exact) mass is 234 g/mol. The van der Waals surface area contributed by atoms with Crippen molar-refractivity contribution in [1.82, 2.24) is 0 Å². The summed E-state index contributed by atoms with van der Waals surface area (Å²) in [7, 11) is 3.77. The molecule has 1 aliphatic carbocycles. The molecular weight excluding hydrogens is 212 g/mol. The zero-order valence-corrected chi connectivity index (χ0v) is 10.8. The zero-order chi connectivity index (χ0) is 12.3. The van der Waals surface area contributed by atoms with Gasteiger partial charge in [0.15, 0.2) is 0 Å². The number of para-hydroxylation sites is 1. The molecule has 0 atom stereocenters. The highest BCUT2D eigenvalue weighted by Gasteiger charge is 2.18. The van der Waals surface area contributed by atoms with Crippen LogP contribution in [0.2, 0.25) is 0 Å².